The van der Waals surface area contributed by atoms with Gasteiger partial charge in [-0.1, -0.05) is 49.4 Å². The van der Waals surface area contributed by atoms with Crippen molar-refractivity contribution in [3.63, 3.8) is 0 Å². The average Bonchev–Trinajstić information content (AvgIpc) is 2.55. The van der Waals surface area contributed by atoms with Crippen LogP contribution >= 0.6 is 0 Å². The molecule has 0 aliphatic rings. The second-order valence-electron chi connectivity index (χ2n) is 4.88. The molecule has 0 aliphatic heterocycles. The van der Waals surface area contributed by atoms with Crippen LogP contribution in [0.3, 0.4) is 0 Å². The lowest BCUT2D eigenvalue weighted by molar-refractivity contribution is 0.0990. The van der Waals surface area contributed by atoms with E-state index in [4.69, 9.17) is 9.47 Å². The van der Waals surface area contributed by atoms with E-state index >= 15 is 0 Å². The van der Waals surface area contributed by atoms with Gasteiger partial charge in [-0.25, -0.2) is 0 Å². The van der Waals surface area contributed by atoms with Gasteiger partial charge in [0.15, 0.2) is 0 Å². The largest absolute Gasteiger partial charge is 0.497 e. The minimum absolute atomic E-state index is 0.199. The van der Waals surface area contributed by atoms with Gasteiger partial charge < -0.3 is 14.8 Å². The van der Waals surface area contributed by atoms with Gasteiger partial charge >= 0.3 is 0 Å². The highest BCUT2D eigenvalue weighted by Gasteiger charge is 2.10. The molecule has 2 aromatic rings. The van der Waals surface area contributed by atoms with Crippen molar-refractivity contribution in [2.24, 2.45) is 0 Å². The molecule has 0 aliphatic carbocycles. The summed E-state index contributed by atoms with van der Waals surface area (Å²) >= 11 is 0. The predicted octanol–water partition coefficient (Wildman–Crippen LogP) is 3.56. The molecule has 3 heteroatoms. The minimum atomic E-state index is 0.199. The summed E-state index contributed by atoms with van der Waals surface area (Å²) in [5, 5.41) is 3.46. The van der Waals surface area contributed by atoms with Crippen LogP contribution in [0.25, 0.3) is 0 Å². The number of methoxy groups -OCH3 is 1. The van der Waals surface area contributed by atoms with Gasteiger partial charge in [-0.15, -0.1) is 0 Å². The quantitative estimate of drug-likeness (QED) is 0.804. The molecular formula is C18H23NO2. The van der Waals surface area contributed by atoms with Crippen LogP contribution in [0.15, 0.2) is 54.6 Å². The lowest BCUT2D eigenvalue weighted by atomic mass is 10.1. The summed E-state index contributed by atoms with van der Waals surface area (Å²) in [5.74, 6) is 0.874. The van der Waals surface area contributed by atoms with Crippen molar-refractivity contribution in [1.29, 1.82) is 0 Å². The van der Waals surface area contributed by atoms with E-state index in [1.165, 1.54) is 11.1 Å². The Morgan fingerprint density at radius 2 is 1.71 bits per heavy atom. The first-order chi connectivity index (χ1) is 10.3. The molecule has 0 aromatic heterocycles. The van der Waals surface area contributed by atoms with Gasteiger partial charge in [-0.3, -0.25) is 0 Å². The number of ether oxygens (including phenoxy) is 2. The van der Waals surface area contributed by atoms with Crippen LogP contribution < -0.4 is 10.1 Å². The first-order valence-electron chi connectivity index (χ1n) is 7.32. The van der Waals surface area contributed by atoms with Crippen LogP contribution in [0, 0.1) is 0 Å². The van der Waals surface area contributed by atoms with E-state index in [-0.39, 0.29) is 6.04 Å². The Bertz CT molecular complexity index is 511. The van der Waals surface area contributed by atoms with Gasteiger partial charge in [-0.2, -0.15) is 0 Å². The maximum atomic E-state index is 5.85. The van der Waals surface area contributed by atoms with Gasteiger partial charge in [-0.05, 0) is 29.8 Å². The minimum Gasteiger partial charge on any atom is -0.497 e. The molecule has 3 nitrogen and oxygen atoms in total. The molecule has 0 radical (unpaired) electrons. The maximum absolute atomic E-state index is 5.85. The predicted molar refractivity (Wildman–Crippen MR) is 85.5 cm³/mol. The average molecular weight is 285 g/mol. The highest BCUT2D eigenvalue weighted by Crippen LogP contribution is 2.18. The van der Waals surface area contributed by atoms with E-state index in [1.54, 1.807) is 7.11 Å². The molecule has 0 spiro atoms. The molecule has 1 N–H and O–H groups in total. The molecule has 0 saturated carbocycles. The van der Waals surface area contributed by atoms with Crippen molar-refractivity contribution in [3.8, 4) is 5.75 Å². The van der Waals surface area contributed by atoms with Crippen molar-refractivity contribution in [3.05, 3.63) is 65.7 Å². The van der Waals surface area contributed by atoms with Crippen molar-refractivity contribution in [2.75, 3.05) is 20.3 Å². The van der Waals surface area contributed by atoms with Gasteiger partial charge in [0.25, 0.3) is 0 Å². The van der Waals surface area contributed by atoms with Gasteiger partial charge in [0.05, 0.1) is 26.4 Å². The van der Waals surface area contributed by atoms with Crippen LogP contribution in [-0.4, -0.2) is 20.3 Å². The summed E-state index contributed by atoms with van der Waals surface area (Å²) in [4.78, 5) is 0. The number of benzene rings is 2. The second kappa shape index (κ2) is 8.45. The van der Waals surface area contributed by atoms with E-state index in [0.717, 1.165) is 12.3 Å². The third kappa shape index (κ3) is 4.88. The highest BCUT2D eigenvalue weighted by atomic mass is 16.5. The third-order valence-electron chi connectivity index (χ3n) is 3.36. The van der Waals surface area contributed by atoms with Crippen molar-refractivity contribution >= 4 is 0 Å². The molecule has 112 valence electrons. The van der Waals surface area contributed by atoms with E-state index in [1.807, 2.05) is 30.3 Å². The Hall–Kier alpha value is -1.84. The zero-order valence-electron chi connectivity index (χ0n) is 12.7. The van der Waals surface area contributed by atoms with E-state index in [2.05, 4.69) is 36.5 Å². The number of hydrogen-bond donors (Lipinski definition) is 1. The Labute approximate surface area is 126 Å². The fraction of sp³-hybridized carbons (Fsp3) is 0.333. The van der Waals surface area contributed by atoms with Crippen molar-refractivity contribution < 1.29 is 9.47 Å². The Kier molecular flexibility index (Phi) is 6.25. The van der Waals surface area contributed by atoms with Gasteiger partial charge in [0, 0.05) is 0 Å². The molecule has 1 unspecified atom stereocenters. The molecule has 1 atom stereocenters. The first-order valence-corrected chi connectivity index (χ1v) is 7.32. The van der Waals surface area contributed by atoms with Crippen molar-refractivity contribution in [2.45, 2.75) is 19.6 Å². The standard InChI is InChI=1S/C18H23NO2/c1-3-19-18(16-9-11-17(20-2)12-10-16)14-21-13-15-7-5-4-6-8-15/h4-12,18-19H,3,13-14H2,1-2H3. The van der Waals surface area contributed by atoms with E-state index in [0.29, 0.717) is 13.2 Å². The SMILES string of the molecule is CCNC(COCc1ccccc1)c1ccc(OC)cc1. The monoisotopic (exact) mass is 285 g/mol. The Morgan fingerprint density at radius 3 is 2.33 bits per heavy atom. The number of nitrogens with one attached hydrogen (secondary N) is 1. The molecule has 0 amide bonds. The van der Waals surface area contributed by atoms with Gasteiger partial charge in [0.1, 0.15) is 5.75 Å². The summed E-state index contributed by atoms with van der Waals surface area (Å²) in [5.41, 5.74) is 2.41. The first kappa shape index (κ1) is 15.5. The Balaban J connectivity index is 1.91. The lowest BCUT2D eigenvalue weighted by Gasteiger charge is -2.19. The molecule has 0 fully saturated rings. The fourth-order valence-electron chi connectivity index (χ4n) is 2.22. The third-order valence-corrected chi connectivity index (χ3v) is 3.36. The lowest BCUT2D eigenvalue weighted by Crippen LogP contribution is -2.25. The normalized spacial score (nSPS) is 12.1. The summed E-state index contributed by atoms with van der Waals surface area (Å²) in [6.45, 7) is 4.30. The molecular weight excluding hydrogens is 262 g/mol. The molecule has 2 rings (SSSR count). The summed E-state index contributed by atoms with van der Waals surface area (Å²) in [7, 11) is 1.68. The summed E-state index contributed by atoms with van der Waals surface area (Å²) in [6, 6.07) is 18.6. The van der Waals surface area contributed by atoms with E-state index < -0.39 is 0 Å². The smallest absolute Gasteiger partial charge is 0.118 e. The maximum Gasteiger partial charge on any atom is 0.118 e. The molecule has 0 heterocycles. The molecule has 2 aromatic carbocycles. The van der Waals surface area contributed by atoms with Crippen LogP contribution in [0.1, 0.15) is 24.1 Å². The summed E-state index contributed by atoms with van der Waals surface area (Å²) < 4.78 is 11.0. The number of rotatable bonds is 8. The Morgan fingerprint density at radius 1 is 1.00 bits per heavy atom. The molecule has 0 saturated heterocycles. The van der Waals surface area contributed by atoms with Crippen LogP contribution in [0.4, 0.5) is 0 Å². The topological polar surface area (TPSA) is 30.5 Å². The molecule has 21 heavy (non-hydrogen) atoms. The zero-order chi connectivity index (χ0) is 14.9. The van der Waals surface area contributed by atoms with E-state index in [9.17, 15) is 0 Å². The van der Waals surface area contributed by atoms with Crippen LogP contribution in [-0.2, 0) is 11.3 Å². The fourth-order valence-corrected chi connectivity index (χ4v) is 2.22. The van der Waals surface area contributed by atoms with Crippen LogP contribution in [0.2, 0.25) is 0 Å². The highest BCUT2D eigenvalue weighted by molar-refractivity contribution is 5.29. The number of likely N-dealkylation sites (N-methyl/N-ethyl adjacent to an activating group) is 1. The van der Waals surface area contributed by atoms with Crippen LogP contribution in [0.5, 0.6) is 5.75 Å². The zero-order valence-corrected chi connectivity index (χ0v) is 12.7. The van der Waals surface area contributed by atoms with Crippen molar-refractivity contribution in [1.82, 2.24) is 5.32 Å². The molecule has 0 bridgehead atoms. The van der Waals surface area contributed by atoms with Gasteiger partial charge in [0.2, 0.25) is 0 Å². The summed E-state index contributed by atoms with van der Waals surface area (Å²) in [6.07, 6.45) is 0. The second-order valence-corrected chi connectivity index (χ2v) is 4.88. The number of hydrogen-bond acceptors (Lipinski definition) is 3.